The SMILES string of the molecule is C=CCN(Cc1cccs1)C(=O)CN(C)CC(=O)Nc1cccc(C)c1C. The second kappa shape index (κ2) is 10.0. The second-order valence-corrected chi connectivity index (χ2v) is 7.64. The van der Waals surface area contributed by atoms with Crippen molar-refractivity contribution in [2.24, 2.45) is 0 Å². The monoisotopic (exact) mass is 385 g/mol. The van der Waals surface area contributed by atoms with Gasteiger partial charge in [0, 0.05) is 17.1 Å². The molecule has 0 aliphatic carbocycles. The predicted molar refractivity (Wildman–Crippen MR) is 112 cm³/mol. The molecule has 0 saturated carbocycles. The van der Waals surface area contributed by atoms with Gasteiger partial charge < -0.3 is 10.2 Å². The Morgan fingerprint density at radius 2 is 1.96 bits per heavy atom. The van der Waals surface area contributed by atoms with Gasteiger partial charge in [0.2, 0.25) is 11.8 Å². The molecule has 0 bridgehead atoms. The maximum Gasteiger partial charge on any atom is 0.238 e. The van der Waals surface area contributed by atoms with Crippen LogP contribution < -0.4 is 5.32 Å². The van der Waals surface area contributed by atoms with Gasteiger partial charge in [-0.05, 0) is 49.5 Å². The van der Waals surface area contributed by atoms with Crippen LogP contribution in [-0.2, 0) is 16.1 Å². The summed E-state index contributed by atoms with van der Waals surface area (Å²) < 4.78 is 0. The van der Waals surface area contributed by atoms with Crippen molar-refractivity contribution in [1.82, 2.24) is 9.80 Å². The van der Waals surface area contributed by atoms with Crippen molar-refractivity contribution in [1.29, 1.82) is 0 Å². The standard InChI is InChI=1S/C21H27N3O2S/c1-5-11-24(13-18-9-7-12-27-18)21(26)15-23(4)14-20(25)22-19-10-6-8-16(2)17(19)3/h5-10,12H,1,11,13-15H2,2-4H3,(H,22,25). The first-order valence-electron chi connectivity index (χ1n) is 8.86. The van der Waals surface area contributed by atoms with E-state index < -0.39 is 0 Å². The highest BCUT2D eigenvalue weighted by Crippen LogP contribution is 2.18. The van der Waals surface area contributed by atoms with E-state index in [9.17, 15) is 9.59 Å². The number of hydrogen-bond donors (Lipinski definition) is 1. The van der Waals surface area contributed by atoms with Gasteiger partial charge in [-0.15, -0.1) is 17.9 Å². The number of hydrogen-bond acceptors (Lipinski definition) is 4. The van der Waals surface area contributed by atoms with Gasteiger partial charge in [-0.3, -0.25) is 14.5 Å². The Kier molecular flexibility index (Phi) is 7.76. The van der Waals surface area contributed by atoms with E-state index in [1.807, 2.05) is 49.6 Å². The Labute approximate surface area is 165 Å². The Morgan fingerprint density at radius 1 is 1.19 bits per heavy atom. The number of amides is 2. The Balaban J connectivity index is 1.89. The summed E-state index contributed by atoms with van der Waals surface area (Å²) in [5.41, 5.74) is 2.99. The molecule has 1 N–H and O–H groups in total. The molecule has 1 aromatic heterocycles. The minimum atomic E-state index is -0.132. The van der Waals surface area contributed by atoms with Crippen LogP contribution in [0.3, 0.4) is 0 Å². The van der Waals surface area contributed by atoms with Crippen LogP contribution in [0.5, 0.6) is 0 Å². The van der Waals surface area contributed by atoms with E-state index in [2.05, 4.69) is 11.9 Å². The molecule has 0 fully saturated rings. The summed E-state index contributed by atoms with van der Waals surface area (Å²) in [4.78, 5) is 29.5. The van der Waals surface area contributed by atoms with Crippen LogP contribution in [0.2, 0.25) is 0 Å². The fourth-order valence-electron chi connectivity index (χ4n) is 2.71. The third-order valence-corrected chi connectivity index (χ3v) is 5.19. The Morgan fingerprint density at radius 3 is 2.63 bits per heavy atom. The van der Waals surface area contributed by atoms with Crippen LogP contribution in [0.1, 0.15) is 16.0 Å². The van der Waals surface area contributed by atoms with Crippen LogP contribution in [0, 0.1) is 13.8 Å². The maximum absolute atomic E-state index is 12.6. The fourth-order valence-corrected chi connectivity index (χ4v) is 3.43. The minimum Gasteiger partial charge on any atom is -0.333 e. The molecule has 5 nitrogen and oxygen atoms in total. The average molecular weight is 386 g/mol. The lowest BCUT2D eigenvalue weighted by atomic mass is 10.1. The smallest absolute Gasteiger partial charge is 0.238 e. The summed E-state index contributed by atoms with van der Waals surface area (Å²) in [6, 6.07) is 9.80. The van der Waals surface area contributed by atoms with Gasteiger partial charge in [0.15, 0.2) is 0 Å². The zero-order valence-electron chi connectivity index (χ0n) is 16.2. The van der Waals surface area contributed by atoms with Crippen LogP contribution in [0.4, 0.5) is 5.69 Å². The van der Waals surface area contributed by atoms with E-state index in [1.165, 1.54) is 0 Å². The number of nitrogens with zero attached hydrogens (tertiary/aromatic N) is 2. The van der Waals surface area contributed by atoms with Crippen LogP contribution >= 0.6 is 11.3 Å². The van der Waals surface area contributed by atoms with Gasteiger partial charge in [0.25, 0.3) is 0 Å². The van der Waals surface area contributed by atoms with Gasteiger partial charge in [-0.25, -0.2) is 0 Å². The summed E-state index contributed by atoms with van der Waals surface area (Å²) in [6.45, 7) is 9.11. The molecule has 2 aromatic rings. The summed E-state index contributed by atoms with van der Waals surface area (Å²) >= 11 is 1.62. The number of benzene rings is 1. The van der Waals surface area contributed by atoms with E-state index in [4.69, 9.17) is 0 Å². The van der Waals surface area contributed by atoms with E-state index in [0.29, 0.717) is 13.1 Å². The number of rotatable bonds is 9. The molecule has 27 heavy (non-hydrogen) atoms. The lowest BCUT2D eigenvalue weighted by Crippen LogP contribution is -2.41. The molecule has 0 atom stereocenters. The Bertz CT molecular complexity index is 787. The number of carbonyl (C=O) groups excluding carboxylic acids is 2. The average Bonchev–Trinajstić information content (AvgIpc) is 3.11. The van der Waals surface area contributed by atoms with Crippen LogP contribution in [0.25, 0.3) is 0 Å². The normalized spacial score (nSPS) is 10.7. The minimum absolute atomic E-state index is 0.0228. The molecular formula is C21H27N3O2S. The highest BCUT2D eigenvalue weighted by Gasteiger charge is 2.17. The van der Waals surface area contributed by atoms with Gasteiger partial charge in [0.1, 0.15) is 0 Å². The molecule has 6 heteroatoms. The van der Waals surface area contributed by atoms with Crippen molar-refractivity contribution in [3.8, 4) is 0 Å². The zero-order chi connectivity index (χ0) is 19.8. The van der Waals surface area contributed by atoms with Crippen molar-refractivity contribution in [2.45, 2.75) is 20.4 Å². The number of anilines is 1. The van der Waals surface area contributed by atoms with Crippen molar-refractivity contribution >= 4 is 28.8 Å². The predicted octanol–water partition coefficient (Wildman–Crippen LogP) is 3.45. The van der Waals surface area contributed by atoms with E-state index in [1.54, 1.807) is 34.3 Å². The largest absolute Gasteiger partial charge is 0.333 e. The van der Waals surface area contributed by atoms with E-state index >= 15 is 0 Å². The molecule has 0 saturated heterocycles. The zero-order valence-corrected chi connectivity index (χ0v) is 17.0. The van der Waals surface area contributed by atoms with E-state index in [0.717, 1.165) is 21.7 Å². The third kappa shape index (κ3) is 6.34. The number of thiophene rings is 1. The molecule has 2 amide bonds. The van der Waals surface area contributed by atoms with Gasteiger partial charge in [-0.1, -0.05) is 24.3 Å². The van der Waals surface area contributed by atoms with Crippen molar-refractivity contribution < 1.29 is 9.59 Å². The van der Waals surface area contributed by atoms with Gasteiger partial charge in [-0.2, -0.15) is 0 Å². The molecule has 0 unspecified atom stereocenters. The third-order valence-electron chi connectivity index (χ3n) is 4.33. The molecule has 0 radical (unpaired) electrons. The lowest BCUT2D eigenvalue weighted by Gasteiger charge is -2.24. The molecule has 0 spiro atoms. The number of carbonyl (C=O) groups is 2. The maximum atomic E-state index is 12.6. The molecule has 0 aliphatic rings. The number of aryl methyl sites for hydroxylation is 1. The van der Waals surface area contributed by atoms with Crippen molar-refractivity contribution in [3.63, 3.8) is 0 Å². The summed E-state index contributed by atoms with van der Waals surface area (Å²) in [5.74, 6) is -0.155. The summed E-state index contributed by atoms with van der Waals surface area (Å²) in [7, 11) is 1.78. The highest BCUT2D eigenvalue weighted by atomic mass is 32.1. The second-order valence-electron chi connectivity index (χ2n) is 6.61. The molecule has 144 valence electrons. The molecule has 1 heterocycles. The van der Waals surface area contributed by atoms with Crippen LogP contribution in [0.15, 0.2) is 48.4 Å². The molecule has 0 aliphatic heterocycles. The first kappa shape index (κ1) is 20.9. The topological polar surface area (TPSA) is 52.7 Å². The summed E-state index contributed by atoms with van der Waals surface area (Å²) in [5, 5.41) is 4.92. The molecule has 2 rings (SSSR count). The van der Waals surface area contributed by atoms with Crippen molar-refractivity contribution in [3.05, 3.63) is 64.4 Å². The first-order chi connectivity index (χ1) is 12.9. The Hall–Kier alpha value is -2.44. The van der Waals surface area contributed by atoms with E-state index in [-0.39, 0.29) is 24.9 Å². The number of nitrogens with one attached hydrogen (secondary N) is 1. The highest BCUT2D eigenvalue weighted by molar-refractivity contribution is 7.09. The van der Waals surface area contributed by atoms with Gasteiger partial charge in [0.05, 0.1) is 19.6 Å². The quantitative estimate of drug-likeness (QED) is 0.673. The fraction of sp³-hybridized carbons (Fsp3) is 0.333. The summed E-state index contributed by atoms with van der Waals surface area (Å²) in [6.07, 6.45) is 1.72. The van der Waals surface area contributed by atoms with Crippen molar-refractivity contribution in [2.75, 3.05) is 32.0 Å². The molecular weight excluding hydrogens is 358 g/mol. The first-order valence-corrected chi connectivity index (χ1v) is 9.74. The number of likely N-dealkylation sites (N-methyl/N-ethyl adjacent to an activating group) is 1. The van der Waals surface area contributed by atoms with Crippen LogP contribution in [-0.4, -0.2) is 48.3 Å². The lowest BCUT2D eigenvalue weighted by molar-refractivity contribution is -0.132. The molecule has 1 aromatic carbocycles. The van der Waals surface area contributed by atoms with Gasteiger partial charge >= 0.3 is 0 Å².